The SMILES string of the molecule is C[C@H](Nc1ccc(C=O)cc1[N+](=O)[O-])c1cccc2ccccc12. The van der Waals surface area contributed by atoms with Crippen molar-refractivity contribution in [1.29, 1.82) is 0 Å². The summed E-state index contributed by atoms with van der Waals surface area (Å²) in [6.45, 7) is 1.96. The molecule has 3 aromatic carbocycles. The molecule has 0 aliphatic carbocycles. The van der Waals surface area contributed by atoms with E-state index >= 15 is 0 Å². The maximum absolute atomic E-state index is 11.3. The van der Waals surface area contributed by atoms with Gasteiger partial charge in [0.15, 0.2) is 0 Å². The fourth-order valence-electron chi connectivity index (χ4n) is 2.83. The largest absolute Gasteiger partial charge is 0.373 e. The van der Waals surface area contributed by atoms with E-state index in [4.69, 9.17) is 0 Å². The number of benzene rings is 3. The number of aldehydes is 1. The number of fused-ring (bicyclic) bond motifs is 1. The summed E-state index contributed by atoms with van der Waals surface area (Å²) in [7, 11) is 0. The van der Waals surface area contributed by atoms with Crippen molar-refractivity contribution in [3.63, 3.8) is 0 Å². The Bertz CT molecular complexity index is 916. The van der Waals surface area contributed by atoms with Crippen molar-refractivity contribution in [3.8, 4) is 0 Å². The minimum atomic E-state index is -0.481. The average molecular weight is 320 g/mol. The second kappa shape index (κ2) is 6.50. The highest BCUT2D eigenvalue weighted by molar-refractivity contribution is 5.86. The van der Waals surface area contributed by atoms with Crippen molar-refractivity contribution in [2.24, 2.45) is 0 Å². The maximum atomic E-state index is 11.3. The van der Waals surface area contributed by atoms with Crippen LogP contribution in [0.25, 0.3) is 10.8 Å². The number of nitro groups is 1. The number of carbonyl (C=O) groups is 1. The first-order chi connectivity index (χ1) is 11.6. The molecule has 24 heavy (non-hydrogen) atoms. The Morgan fingerprint density at radius 2 is 1.83 bits per heavy atom. The van der Waals surface area contributed by atoms with Crippen molar-refractivity contribution >= 4 is 28.4 Å². The van der Waals surface area contributed by atoms with Gasteiger partial charge >= 0.3 is 0 Å². The molecule has 120 valence electrons. The molecule has 0 heterocycles. The highest BCUT2D eigenvalue weighted by Crippen LogP contribution is 2.31. The Hall–Kier alpha value is -3.21. The predicted octanol–water partition coefficient (Wildman–Crippen LogP) is 4.73. The summed E-state index contributed by atoms with van der Waals surface area (Å²) in [5.41, 5.74) is 1.63. The summed E-state index contributed by atoms with van der Waals surface area (Å²) >= 11 is 0. The topological polar surface area (TPSA) is 72.2 Å². The molecule has 3 aromatic rings. The van der Waals surface area contributed by atoms with E-state index in [0.717, 1.165) is 16.3 Å². The highest BCUT2D eigenvalue weighted by Gasteiger charge is 2.17. The van der Waals surface area contributed by atoms with Crippen LogP contribution in [-0.4, -0.2) is 11.2 Å². The van der Waals surface area contributed by atoms with Crippen LogP contribution in [0.1, 0.15) is 28.9 Å². The fourth-order valence-corrected chi connectivity index (χ4v) is 2.83. The molecule has 1 atom stereocenters. The van der Waals surface area contributed by atoms with Crippen LogP contribution in [0.5, 0.6) is 0 Å². The number of rotatable bonds is 5. The van der Waals surface area contributed by atoms with Gasteiger partial charge in [0.25, 0.3) is 5.69 Å². The number of hydrogen-bond donors (Lipinski definition) is 1. The molecule has 5 nitrogen and oxygen atoms in total. The van der Waals surface area contributed by atoms with Gasteiger partial charge in [0.2, 0.25) is 0 Å². The first kappa shape index (κ1) is 15.7. The van der Waals surface area contributed by atoms with Crippen LogP contribution in [0.2, 0.25) is 0 Å². The van der Waals surface area contributed by atoms with E-state index in [1.807, 2.05) is 49.4 Å². The van der Waals surface area contributed by atoms with Gasteiger partial charge in [-0.2, -0.15) is 0 Å². The smallest absolute Gasteiger partial charge is 0.293 e. The Kier molecular flexibility index (Phi) is 4.24. The molecule has 0 unspecified atom stereocenters. The second-order valence-corrected chi connectivity index (χ2v) is 5.59. The zero-order valence-corrected chi connectivity index (χ0v) is 13.1. The third-order valence-electron chi connectivity index (χ3n) is 4.02. The third kappa shape index (κ3) is 2.96. The van der Waals surface area contributed by atoms with E-state index in [1.165, 1.54) is 6.07 Å². The van der Waals surface area contributed by atoms with Crippen LogP contribution in [0.3, 0.4) is 0 Å². The molecular weight excluding hydrogens is 304 g/mol. The Morgan fingerprint density at radius 1 is 1.08 bits per heavy atom. The van der Waals surface area contributed by atoms with Crippen molar-refractivity contribution in [2.75, 3.05) is 5.32 Å². The van der Waals surface area contributed by atoms with Gasteiger partial charge in [-0.15, -0.1) is 0 Å². The highest BCUT2D eigenvalue weighted by atomic mass is 16.6. The normalized spacial score (nSPS) is 11.9. The van der Waals surface area contributed by atoms with E-state index in [9.17, 15) is 14.9 Å². The lowest BCUT2D eigenvalue weighted by molar-refractivity contribution is -0.384. The molecule has 0 fully saturated rings. The van der Waals surface area contributed by atoms with E-state index in [2.05, 4.69) is 5.32 Å². The lowest BCUT2D eigenvalue weighted by Crippen LogP contribution is -2.09. The number of nitrogens with one attached hydrogen (secondary N) is 1. The second-order valence-electron chi connectivity index (χ2n) is 5.59. The van der Waals surface area contributed by atoms with Crippen LogP contribution >= 0.6 is 0 Å². The molecule has 5 heteroatoms. The molecule has 0 amide bonds. The number of carbonyl (C=O) groups excluding carboxylic acids is 1. The van der Waals surface area contributed by atoms with Gasteiger partial charge in [0.1, 0.15) is 12.0 Å². The summed E-state index contributed by atoms with van der Waals surface area (Å²) in [5, 5.41) is 16.7. The molecule has 0 aromatic heterocycles. The van der Waals surface area contributed by atoms with Crippen LogP contribution < -0.4 is 5.32 Å². The Labute approximate surface area is 139 Å². The number of anilines is 1. The first-order valence-electron chi connectivity index (χ1n) is 7.58. The lowest BCUT2D eigenvalue weighted by Gasteiger charge is -2.18. The average Bonchev–Trinajstić information content (AvgIpc) is 2.61. The molecule has 0 bridgehead atoms. The van der Waals surface area contributed by atoms with Crippen LogP contribution in [0.15, 0.2) is 60.7 Å². The molecule has 1 N–H and O–H groups in total. The summed E-state index contributed by atoms with van der Waals surface area (Å²) in [4.78, 5) is 21.6. The number of nitro benzene ring substituents is 1. The van der Waals surface area contributed by atoms with Gasteiger partial charge in [-0.1, -0.05) is 42.5 Å². The maximum Gasteiger partial charge on any atom is 0.293 e. The standard InChI is InChI=1S/C19H16N2O3/c1-13(16-8-4-6-15-5-2-3-7-17(15)16)20-18-10-9-14(12-22)11-19(18)21(23)24/h2-13,20H,1H3/t13-/m0/s1. The van der Waals surface area contributed by atoms with Crippen LogP contribution in [-0.2, 0) is 0 Å². The number of nitrogens with zero attached hydrogens (tertiary/aromatic N) is 1. The zero-order chi connectivity index (χ0) is 17.1. The quantitative estimate of drug-likeness (QED) is 0.419. The molecule has 3 rings (SSSR count). The lowest BCUT2D eigenvalue weighted by atomic mass is 9.99. The van der Waals surface area contributed by atoms with Gasteiger partial charge in [0.05, 0.1) is 4.92 Å². The zero-order valence-electron chi connectivity index (χ0n) is 13.1. The molecule has 0 spiro atoms. The van der Waals surface area contributed by atoms with E-state index < -0.39 is 4.92 Å². The van der Waals surface area contributed by atoms with E-state index in [0.29, 0.717) is 12.0 Å². The van der Waals surface area contributed by atoms with Gasteiger partial charge < -0.3 is 5.32 Å². The molecule has 0 radical (unpaired) electrons. The summed E-state index contributed by atoms with van der Waals surface area (Å²) in [5.74, 6) is 0. The summed E-state index contributed by atoms with van der Waals surface area (Å²) in [6.07, 6.45) is 0.602. The summed E-state index contributed by atoms with van der Waals surface area (Å²) in [6, 6.07) is 18.3. The third-order valence-corrected chi connectivity index (χ3v) is 4.02. The van der Waals surface area contributed by atoms with E-state index in [-0.39, 0.29) is 17.3 Å². The molecule has 0 aliphatic heterocycles. The van der Waals surface area contributed by atoms with Gasteiger partial charge in [-0.3, -0.25) is 14.9 Å². The van der Waals surface area contributed by atoms with Gasteiger partial charge in [0, 0.05) is 17.7 Å². The van der Waals surface area contributed by atoms with Crippen molar-refractivity contribution in [1.82, 2.24) is 0 Å². The van der Waals surface area contributed by atoms with Crippen molar-refractivity contribution < 1.29 is 9.72 Å². The van der Waals surface area contributed by atoms with Crippen molar-refractivity contribution in [3.05, 3.63) is 81.9 Å². The Balaban J connectivity index is 1.99. The van der Waals surface area contributed by atoms with Crippen molar-refractivity contribution in [2.45, 2.75) is 13.0 Å². The van der Waals surface area contributed by atoms with Crippen LogP contribution in [0, 0.1) is 10.1 Å². The molecule has 0 saturated carbocycles. The number of hydrogen-bond acceptors (Lipinski definition) is 4. The van der Waals surface area contributed by atoms with E-state index in [1.54, 1.807) is 12.1 Å². The molecule has 0 saturated heterocycles. The fraction of sp³-hybridized carbons (Fsp3) is 0.105. The molecular formula is C19H16N2O3. The Morgan fingerprint density at radius 3 is 2.58 bits per heavy atom. The van der Waals surface area contributed by atoms with Crippen LogP contribution in [0.4, 0.5) is 11.4 Å². The van der Waals surface area contributed by atoms with Gasteiger partial charge in [-0.05, 0) is 35.4 Å². The monoisotopic (exact) mass is 320 g/mol. The first-order valence-corrected chi connectivity index (χ1v) is 7.58. The molecule has 0 aliphatic rings. The van der Waals surface area contributed by atoms with Gasteiger partial charge in [-0.25, -0.2) is 0 Å². The minimum absolute atomic E-state index is 0.105. The predicted molar refractivity (Wildman–Crippen MR) is 94.5 cm³/mol. The summed E-state index contributed by atoms with van der Waals surface area (Å²) < 4.78 is 0. The minimum Gasteiger partial charge on any atom is -0.373 e.